The summed E-state index contributed by atoms with van der Waals surface area (Å²) >= 11 is 0. The largest absolute Gasteiger partial charge is 0.492 e. The summed E-state index contributed by atoms with van der Waals surface area (Å²) in [5, 5.41) is 0. The van der Waals surface area contributed by atoms with Crippen LogP contribution >= 0.6 is 0 Å². The molecule has 0 spiro atoms. The number of piperazine rings is 1. The number of aliphatic imine (C=N–C) groups is 1. The van der Waals surface area contributed by atoms with Gasteiger partial charge in [-0.1, -0.05) is 17.7 Å². The molecule has 1 aromatic carbocycles. The van der Waals surface area contributed by atoms with Crippen molar-refractivity contribution in [2.75, 3.05) is 39.3 Å². The van der Waals surface area contributed by atoms with Gasteiger partial charge < -0.3 is 25.0 Å². The average molecular weight is 362 g/mol. The lowest BCUT2D eigenvalue weighted by atomic mass is 10.2. The van der Waals surface area contributed by atoms with Crippen molar-refractivity contribution in [1.29, 1.82) is 0 Å². The second-order valence-corrected chi connectivity index (χ2v) is 7.36. The number of benzene rings is 1. The van der Waals surface area contributed by atoms with E-state index in [2.05, 4.69) is 4.99 Å². The van der Waals surface area contributed by atoms with E-state index in [1.807, 2.05) is 56.9 Å². The molecule has 26 heavy (non-hydrogen) atoms. The van der Waals surface area contributed by atoms with Crippen LogP contribution in [-0.2, 0) is 4.74 Å². The molecule has 1 saturated heterocycles. The first kappa shape index (κ1) is 19.9. The van der Waals surface area contributed by atoms with Crippen LogP contribution in [-0.4, -0.2) is 66.8 Å². The number of amides is 1. The van der Waals surface area contributed by atoms with Crippen LogP contribution in [0.25, 0.3) is 0 Å². The summed E-state index contributed by atoms with van der Waals surface area (Å²) in [4.78, 5) is 20.1. The molecule has 7 heteroatoms. The summed E-state index contributed by atoms with van der Waals surface area (Å²) < 4.78 is 11.0. The maximum atomic E-state index is 12.1. The number of nitrogens with two attached hydrogens (primary N) is 1. The van der Waals surface area contributed by atoms with E-state index in [0.717, 1.165) is 5.75 Å². The van der Waals surface area contributed by atoms with Crippen LogP contribution in [0.15, 0.2) is 29.3 Å². The highest BCUT2D eigenvalue weighted by Crippen LogP contribution is 2.12. The molecule has 1 heterocycles. The normalized spacial score (nSPS) is 15.8. The quantitative estimate of drug-likeness (QED) is 0.505. The van der Waals surface area contributed by atoms with Crippen LogP contribution in [0.2, 0.25) is 0 Å². The van der Waals surface area contributed by atoms with E-state index in [-0.39, 0.29) is 6.09 Å². The highest BCUT2D eigenvalue weighted by molar-refractivity contribution is 5.78. The van der Waals surface area contributed by atoms with E-state index in [1.165, 1.54) is 5.56 Å². The summed E-state index contributed by atoms with van der Waals surface area (Å²) in [6.07, 6.45) is -0.279. The van der Waals surface area contributed by atoms with Crippen LogP contribution in [0.3, 0.4) is 0 Å². The zero-order chi connectivity index (χ0) is 19.2. The maximum Gasteiger partial charge on any atom is 0.410 e. The molecule has 2 rings (SSSR count). The molecular formula is C19H30N4O3. The Hall–Kier alpha value is -2.44. The van der Waals surface area contributed by atoms with Gasteiger partial charge in [0, 0.05) is 26.2 Å². The van der Waals surface area contributed by atoms with Crippen molar-refractivity contribution in [2.45, 2.75) is 33.3 Å². The van der Waals surface area contributed by atoms with E-state index < -0.39 is 5.60 Å². The fourth-order valence-electron chi connectivity index (χ4n) is 2.50. The van der Waals surface area contributed by atoms with E-state index in [9.17, 15) is 4.79 Å². The lowest BCUT2D eigenvalue weighted by Crippen LogP contribution is -2.53. The Bertz CT molecular complexity index is 615. The Kier molecular flexibility index (Phi) is 6.71. The third-order valence-electron chi connectivity index (χ3n) is 3.91. The Morgan fingerprint density at radius 2 is 1.69 bits per heavy atom. The number of guanidine groups is 1. The Morgan fingerprint density at radius 1 is 1.12 bits per heavy atom. The van der Waals surface area contributed by atoms with E-state index in [0.29, 0.717) is 45.3 Å². The van der Waals surface area contributed by atoms with Crippen LogP contribution in [0.5, 0.6) is 5.75 Å². The van der Waals surface area contributed by atoms with Gasteiger partial charge in [-0.15, -0.1) is 0 Å². The predicted octanol–water partition coefficient (Wildman–Crippen LogP) is 2.24. The first-order valence-corrected chi connectivity index (χ1v) is 8.97. The number of hydrogen-bond donors (Lipinski definition) is 1. The number of aryl methyl sites for hydroxylation is 1. The lowest BCUT2D eigenvalue weighted by molar-refractivity contribution is 0.0186. The molecule has 0 aromatic heterocycles. The average Bonchev–Trinajstić information content (AvgIpc) is 2.59. The number of nitrogens with zero attached hydrogens (tertiary/aromatic N) is 3. The SMILES string of the molecule is Cc1ccc(OCCN=C(N)N2CCN(C(=O)OC(C)(C)C)CC2)cc1. The van der Waals surface area contributed by atoms with Crippen molar-refractivity contribution < 1.29 is 14.3 Å². The molecule has 1 fully saturated rings. The third-order valence-corrected chi connectivity index (χ3v) is 3.91. The fraction of sp³-hybridized carbons (Fsp3) is 0.579. The summed E-state index contributed by atoms with van der Waals surface area (Å²) in [5.41, 5.74) is 6.78. The van der Waals surface area contributed by atoms with Gasteiger partial charge >= 0.3 is 6.09 Å². The van der Waals surface area contributed by atoms with Crippen molar-refractivity contribution in [1.82, 2.24) is 9.80 Å². The van der Waals surface area contributed by atoms with Gasteiger partial charge in [0.05, 0.1) is 6.54 Å². The number of carbonyl (C=O) groups excluding carboxylic acids is 1. The highest BCUT2D eigenvalue weighted by atomic mass is 16.6. The van der Waals surface area contributed by atoms with Gasteiger partial charge in [-0.3, -0.25) is 0 Å². The Morgan fingerprint density at radius 3 is 2.27 bits per heavy atom. The van der Waals surface area contributed by atoms with Gasteiger partial charge in [0.25, 0.3) is 0 Å². The summed E-state index contributed by atoms with van der Waals surface area (Å²) in [6, 6.07) is 7.91. The smallest absolute Gasteiger partial charge is 0.410 e. The summed E-state index contributed by atoms with van der Waals surface area (Å²) in [5.74, 6) is 1.32. The number of hydrogen-bond acceptors (Lipinski definition) is 4. The van der Waals surface area contributed by atoms with Crippen molar-refractivity contribution in [2.24, 2.45) is 10.7 Å². The molecule has 0 atom stereocenters. The first-order chi connectivity index (χ1) is 12.2. The van der Waals surface area contributed by atoms with E-state index in [1.54, 1.807) is 4.90 Å². The molecule has 0 radical (unpaired) electrons. The highest BCUT2D eigenvalue weighted by Gasteiger charge is 2.26. The third kappa shape index (κ3) is 6.46. The first-order valence-electron chi connectivity index (χ1n) is 8.97. The molecule has 1 aromatic rings. The van der Waals surface area contributed by atoms with E-state index in [4.69, 9.17) is 15.2 Å². The minimum Gasteiger partial charge on any atom is -0.492 e. The van der Waals surface area contributed by atoms with Gasteiger partial charge in [-0.25, -0.2) is 9.79 Å². The summed E-state index contributed by atoms with van der Waals surface area (Å²) in [7, 11) is 0. The van der Waals surface area contributed by atoms with Gasteiger partial charge in [-0.2, -0.15) is 0 Å². The van der Waals surface area contributed by atoms with Crippen LogP contribution in [0.1, 0.15) is 26.3 Å². The second kappa shape index (κ2) is 8.78. The molecule has 7 nitrogen and oxygen atoms in total. The minimum absolute atomic E-state index is 0.279. The molecule has 0 bridgehead atoms. The molecular weight excluding hydrogens is 332 g/mol. The number of rotatable bonds is 4. The van der Waals surface area contributed by atoms with Gasteiger partial charge in [0.15, 0.2) is 5.96 Å². The van der Waals surface area contributed by atoms with Crippen molar-refractivity contribution in [3.8, 4) is 5.75 Å². The number of ether oxygens (including phenoxy) is 2. The predicted molar refractivity (Wildman–Crippen MR) is 103 cm³/mol. The molecule has 1 aliphatic rings. The molecule has 0 saturated carbocycles. The maximum absolute atomic E-state index is 12.1. The Labute approximate surface area is 155 Å². The Balaban J connectivity index is 1.71. The van der Waals surface area contributed by atoms with Crippen molar-refractivity contribution >= 4 is 12.1 Å². The molecule has 1 aliphatic heterocycles. The van der Waals surface area contributed by atoms with Crippen LogP contribution in [0.4, 0.5) is 4.79 Å². The molecule has 1 amide bonds. The van der Waals surface area contributed by atoms with Gasteiger partial charge in [-0.05, 0) is 39.8 Å². The van der Waals surface area contributed by atoms with Crippen LogP contribution < -0.4 is 10.5 Å². The minimum atomic E-state index is -0.480. The van der Waals surface area contributed by atoms with Crippen molar-refractivity contribution in [3.05, 3.63) is 29.8 Å². The monoisotopic (exact) mass is 362 g/mol. The second-order valence-electron chi connectivity index (χ2n) is 7.36. The fourth-order valence-corrected chi connectivity index (χ4v) is 2.50. The molecule has 2 N–H and O–H groups in total. The van der Waals surface area contributed by atoms with Crippen LogP contribution in [0, 0.1) is 6.92 Å². The molecule has 144 valence electrons. The standard InChI is InChI=1S/C19H30N4O3/c1-15-5-7-16(8-6-15)25-14-9-21-17(20)22-10-12-23(13-11-22)18(24)26-19(2,3)4/h5-8H,9-14H2,1-4H3,(H2,20,21). The van der Waals surface area contributed by atoms with Crippen molar-refractivity contribution in [3.63, 3.8) is 0 Å². The summed E-state index contributed by atoms with van der Waals surface area (Å²) in [6.45, 7) is 11.0. The number of carbonyl (C=O) groups is 1. The molecule has 0 unspecified atom stereocenters. The van der Waals surface area contributed by atoms with E-state index >= 15 is 0 Å². The topological polar surface area (TPSA) is 80.4 Å². The zero-order valence-corrected chi connectivity index (χ0v) is 16.2. The molecule has 0 aliphatic carbocycles. The van der Waals surface area contributed by atoms with Gasteiger partial charge in [0.1, 0.15) is 18.0 Å². The zero-order valence-electron chi connectivity index (χ0n) is 16.2. The lowest BCUT2D eigenvalue weighted by Gasteiger charge is -2.36. The van der Waals surface area contributed by atoms with Gasteiger partial charge in [0.2, 0.25) is 0 Å².